The lowest BCUT2D eigenvalue weighted by Gasteiger charge is -2.35. The van der Waals surface area contributed by atoms with Crippen LogP contribution in [0.15, 0.2) is 42.5 Å². The monoisotopic (exact) mass is 437 g/mol. The van der Waals surface area contributed by atoms with E-state index in [-0.39, 0.29) is 28.9 Å². The number of nitrogens with one attached hydrogen (secondary N) is 1. The Bertz CT molecular complexity index is 946. The summed E-state index contributed by atoms with van der Waals surface area (Å²) in [6.45, 7) is 1.08. The molecule has 29 heavy (non-hydrogen) atoms. The molecule has 6 nitrogen and oxygen atoms in total. The predicted octanol–water partition coefficient (Wildman–Crippen LogP) is 2.85. The minimum atomic E-state index is -0.650. The van der Waals surface area contributed by atoms with E-state index < -0.39 is 11.7 Å². The van der Waals surface area contributed by atoms with Crippen molar-refractivity contribution in [2.24, 2.45) is 0 Å². The van der Waals surface area contributed by atoms with Gasteiger partial charge >= 0.3 is 0 Å². The highest BCUT2D eigenvalue weighted by Crippen LogP contribution is 2.22. The molecule has 0 unspecified atom stereocenters. The van der Waals surface area contributed by atoms with Gasteiger partial charge in [0.1, 0.15) is 5.82 Å². The molecule has 0 saturated carbocycles. The van der Waals surface area contributed by atoms with E-state index in [9.17, 15) is 18.8 Å². The van der Waals surface area contributed by atoms with Gasteiger partial charge in [-0.05, 0) is 30.3 Å². The van der Waals surface area contributed by atoms with Crippen molar-refractivity contribution in [3.05, 3.63) is 69.5 Å². The lowest BCUT2D eigenvalue weighted by atomic mass is 10.1. The first-order valence-corrected chi connectivity index (χ1v) is 9.67. The average Bonchev–Trinajstić information content (AvgIpc) is 2.72. The molecule has 1 aliphatic heterocycles. The molecule has 1 N–H and O–H groups in total. The largest absolute Gasteiger partial charge is 0.343 e. The number of hydrogen-bond donors (Lipinski definition) is 1. The van der Waals surface area contributed by atoms with E-state index in [1.807, 2.05) is 0 Å². The summed E-state index contributed by atoms with van der Waals surface area (Å²) in [5, 5.41) is 3.15. The van der Waals surface area contributed by atoms with E-state index >= 15 is 0 Å². The van der Waals surface area contributed by atoms with Gasteiger partial charge in [-0.15, -0.1) is 0 Å². The lowest BCUT2D eigenvalue weighted by Crippen LogP contribution is -2.52. The van der Waals surface area contributed by atoms with E-state index in [1.165, 1.54) is 24.3 Å². The molecule has 1 saturated heterocycles. The number of carbonyl (C=O) groups is 3. The van der Waals surface area contributed by atoms with Crippen molar-refractivity contribution < 1.29 is 18.8 Å². The summed E-state index contributed by atoms with van der Waals surface area (Å²) in [5.74, 6) is -1.83. The van der Waals surface area contributed by atoms with Crippen LogP contribution in [-0.2, 0) is 4.79 Å². The van der Waals surface area contributed by atoms with Crippen molar-refractivity contribution >= 4 is 40.9 Å². The zero-order chi connectivity index (χ0) is 21.0. The van der Waals surface area contributed by atoms with Gasteiger partial charge in [-0.1, -0.05) is 35.3 Å². The average molecular weight is 438 g/mol. The Morgan fingerprint density at radius 2 is 1.59 bits per heavy atom. The van der Waals surface area contributed by atoms with Crippen LogP contribution in [-0.4, -0.2) is 60.2 Å². The molecule has 152 valence electrons. The highest BCUT2D eigenvalue weighted by Gasteiger charge is 2.26. The molecule has 1 fully saturated rings. The normalized spacial score (nSPS) is 13.9. The quantitative estimate of drug-likeness (QED) is 0.799. The summed E-state index contributed by atoms with van der Waals surface area (Å²) in [6.07, 6.45) is 0. The van der Waals surface area contributed by atoms with Crippen molar-refractivity contribution in [2.45, 2.75) is 0 Å². The molecule has 2 aromatic carbocycles. The summed E-state index contributed by atoms with van der Waals surface area (Å²) in [7, 11) is 0. The van der Waals surface area contributed by atoms with Gasteiger partial charge in [-0.2, -0.15) is 0 Å². The first kappa shape index (κ1) is 21.1. The van der Waals surface area contributed by atoms with Crippen LogP contribution in [0.3, 0.4) is 0 Å². The molecule has 0 aliphatic carbocycles. The standard InChI is InChI=1S/C20H18Cl2FN3O3/c21-13-5-6-14(16(22)11-13)20(29)26-9-7-25(8-10-26)18(27)12-24-19(28)15-3-1-2-4-17(15)23/h1-6,11H,7-10,12H2,(H,24,28). The number of benzene rings is 2. The topological polar surface area (TPSA) is 69.7 Å². The molecule has 3 rings (SSSR count). The van der Waals surface area contributed by atoms with Crippen molar-refractivity contribution in [1.82, 2.24) is 15.1 Å². The zero-order valence-corrected chi connectivity index (χ0v) is 16.8. The summed E-state index contributed by atoms with van der Waals surface area (Å²) in [5.41, 5.74) is 0.239. The Morgan fingerprint density at radius 1 is 0.931 bits per heavy atom. The third-order valence-corrected chi connectivity index (χ3v) is 5.15. The summed E-state index contributed by atoms with van der Waals surface area (Å²) < 4.78 is 13.6. The Balaban J connectivity index is 1.51. The van der Waals surface area contributed by atoms with Gasteiger partial charge in [0, 0.05) is 31.2 Å². The molecule has 0 bridgehead atoms. The molecule has 1 aliphatic rings. The number of nitrogens with zero attached hydrogens (tertiary/aromatic N) is 2. The van der Waals surface area contributed by atoms with Crippen LogP contribution in [0, 0.1) is 5.82 Å². The van der Waals surface area contributed by atoms with Gasteiger partial charge in [-0.25, -0.2) is 4.39 Å². The Labute approximate surface area is 177 Å². The van der Waals surface area contributed by atoms with Crippen LogP contribution >= 0.6 is 23.2 Å². The second-order valence-electron chi connectivity index (χ2n) is 6.46. The van der Waals surface area contributed by atoms with Gasteiger partial charge in [0.2, 0.25) is 5.91 Å². The fourth-order valence-electron chi connectivity index (χ4n) is 3.00. The van der Waals surface area contributed by atoms with Crippen LogP contribution in [0.1, 0.15) is 20.7 Å². The smallest absolute Gasteiger partial charge is 0.255 e. The first-order valence-electron chi connectivity index (χ1n) is 8.91. The van der Waals surface area contributed by atoms with Crippen molar-refractivity contribution in [1.29, 1.82) is 0 Å². The van der Waals surface area contributed by atoms with Crippen LogP contribution in [0.2, 0.25) is 10.0 Å². The highest BCUT2D eigenvalue weighted by atomic mass is 35.5. The molecule has 1 heterocycles. The molecule has 0 aromatic heterocycles. The summed E-state index contributed by atoms with van der Waals surface area (Å²) in [4.78, 5) is 40.1. The molecular weight excluding hydrogens is 420 g/mol. The molecular formula is C20H18Cl2FN3O3. The molecule has 0 atom stereocenters. The highest BCUT2D eigenvalue weighted by molar-refractivity contribution is 6.36. The number of amides is 3. The van der Waals surface area contributed by atoms with Gasteiger partial charge in [-0.3, -0.25) is 14.4 Å². The summed E-state index contributed by atoms with van der Waals surface area (Å²) in [6, 6.07) is 10.2. The molecule has 9 heteroatoms. The van der Waals surface area contributed by atoms with E-state index in [0.29, 0.717) is 36.8 Å². The van der Waals surface area contributed by atoms with Gasteiger partial charge < -0.3 is 15.1 Å². The fourth-order valence-corrected chi connectivity index (χ4v) is 3.49. The first-order chi connectivity index (χ1) is 13.9. The maximum absolute atomic E-state index is 13.6. The van der Waals surface area contributed by atoms with E-state index in [1.54, 1.807) is 28.0 Å². The number of halogens is 3. The number of hydrogen-bond acceptors (Lipinski definition) is 3. The van der Waals surface area contributed by atoms with Crippen LogP contribution in [0.5, 0.6) is 0 Å². The van der Waals surface area contributed by atoms with Crippen molar-refractivity contribution in [3.63, 3.8) is 0 Å². The summed E-state index contributed by atoms with van der Waals surface area (Å²) >= 11 is 11.9. The Kier molecular flexibility index (Phi) is 6.71. The van der Waals surface area contributed by atoms with Crippen LogP contribution < -0.4 is 5.32 Å². The molecule has 2 aromatic rings. The SMILES string of the molecule is O=C(NCC(=O)N1CCN(C(=O)c2ccc(Cl)cc2Cl)CC1)c1ccccc1F. The fraction of sp³-hybridized carbons (Fsp3) is 0.250. The maximum Gasteiger partial charge on any atom is 0.255 e. The second-order valence-corrected chi connectivity index (χ2v) is 7.30. The van der Waals surface area contributed by atoms with Gasteiger partial charge in [0.05, 0.1) is 22.7 Å². The maximum atomic E-state index is 13.6. The van der Waals surface area contributed by atoms with Crippen LogP contribution in [0.25, 0.3) is 0 Å². The van der Waals surface area contributed by atoms with Crippen molar-refractivity contribution in [3.8, 4) is 0 Å². The Morgan fingerprint density at radius 3 is 2.24 bits per heavy atom. The third kappa shape index (κ3) is 5.05. The predicted molar refractivity (Wildman–Crippen MR) is 108 cm³/mol. The van der Waals surface area contributed by atoms with Gasteiger partial charge in [0.25, 0.3) is 11.8 Å². The zero-order valence-electron chi connectivity index (χ0n) is 15.3. The van der Waals surface area contributed by atoms with Gasteiger partial charge in [0.15, 0.2) is 0 Å². The minimum absolute atomic E-state index is 0.115. The number of carbonyl (C=O) groups excluding carboxylic acids is 3. The minimum Gasteiger partial charge on any atom is -0.343 e. The number of piperazine rings is 1. The molecule has 0 spiro atoms. The lowest BCUT2D eigenvalue weighted by molar-refractivity contribution is -0.131. The van der Waals surface area contributed by atoms with E-state index in [4.69, 9.17) is 23.2 Å². The molecule has 3 amide bonds. The van der Waals surface area contributed by atoms with Crippen molar-refractivity contribution in [2.75, 3.05) is 32.7 Å². The van der Waals surface area contributed by atoms with Crippen LogP contribution in [0.4, 0.5) is 4.39 Å². The van der Waals surface area contributed by atoms with E-state index in [0.717, 1.165) is 0 Å². The second kappa shape index (κ2) is 9.24. The van der Waals surface area contributed by atoms with E-state index in [2.05, 4.69) is 5.32 Å². The third-order valence-electron chi connectivity index (χ3n) is 4.60. The number of rotatable bonds is 4. The molecule has 0 radical (unpaired) electrons. The Hall–Kier alpha value is -2.64.